The summed E-state index contributed by atoms with van der Waals surface area (Å²) in [5, 5.41) is 3.13. The maximum absolute atomic E-state index is 13.1. The van der Waals surface area contributed by atoms with E-state index in [1.165, 1.54) is 12.1 Å². The predicted octanol–water partition coefficient (Wildman–Crippen LogP) is 1.46. The van der Waals surface area contributed by atoms with E-state index in [0.717, 1.165) is 18.4 Å². The summed E-state index contributed by atoms with van der Waals surface area (Å²) in [6.07, 6.45) is 2.22. The molecule has 2 rings (SSSR count). The first-order chi connectivity index (χ1) is 8.19. The van der Waals surface area contributed by atoms with Crippen LogP contribution in [0.3, 0.4) is 0 Å². The second-order valence-electron chi connectivity index (χ2n) is 4.27. The lowest BCUT2D eigenvalue weighted by molar-refractivity contribution is 0.616. The Bertz CT molecular complexity index is 415. The molecule has 1 atom stereocenters. The number of rotatable bonds is 3. The number of nitrogens with two attached hydrogens (primary N) is 1. The van der Waals surface area contributed by atoms with E-state index in [4.69, 9.17) is 5.84 Å². The van der Waals surface area contributed by atoms with Crippen molar-refractivity contribution in [3.05, 3.63) is 35.6 Å². The van der Waals surface area contributed by atoms with Gasteiger partial charge < -0.3 is 5.32 Å². The summed E-state index contributed by atoms with van der Waals surface area (Å²) < 4.78 is 13.1. The van der Waals surface area contributed by atoms with E-state index in [1.54, 1.807) is 6.07 Å². The number of nitrogens with one attached hydrogen (secondary N) is 2. The lowest BCUT2D eigenvalue weighted by Crippen LogP contribution is -2.42. The van der Waals surface area contributed by atoms with Crippen LogP contribution in [0.15, 0.2) is 29.3 Å². The molecule has 5 heteroatoms. The molecule has 0 aliphatic heterocycles. The number of aliphatic imine (C=N–C) groups is 1. The quantitative estimate of drug-likeness (QED) is 0.322. The Morgan fingerprint density at radius 2 is 2.29 bits per heavy atom. The highest BCUT2D eigenvalue weighted by Crippen LogP contribution is 2.23. The summed E-state index contributed by atoms with van der Waals surface area (Å²) >= 11 is 0. The molecule has 0 saturated heterocycles. The van der Waals surface area contributed by atoms with Crippen LogP contribution in [-0.2, 0) is 0 Å². The Labute approximate surface area is 100 Å². The van der Waals surface area contributed by atoms with Crippen LogP contribution in [0.4, 0.5) is 4.39 Å². The molecule has 1 unspecified atom stereocenters. The largest absolute Gasteiger partial charge is 0.349 e. The van der Waals surface area contributed by atoms with Crippen molar-refractivity contribution in [2.45, 2.75) is 31.8 Å². The first-order valence-electron chi connectivity index (χ1n) is 5.75. The van der Waals surface area contributed by atoms with Gasteiger partial charge in [-0.2, -0.15) is 0 Å². The van der Waals surface area contributed by atoms with Crippen molar-refractivity contribution < 1.29 is 4.39 Å². The van der Waals surface area contributed by atoms with Gasteiger partial charge in [0.25, 0.3) is 0 Å². The van der Waals surface area contributed by atoms with E-state index in [-0.39, 0.29) is 11.9 Å². The molecule has 4 N–H and O–H groups in total. The van der Waals surface area contributed by atoms with Crippen molar-refractivity contribution in [2.75, 3.05) is 0 Å². The summed E-state index contributed by atoms with van der Waals surface area (Å²) in [6.45, 7) is 1.94. The fourth-order valence-corrected chi connectivity index (χ4v) is 1.57. The lowest BCUT2D eigenvalue weighted by atomic mass is 10.1. The maximum Gasteiger partial charge on any atom is 0.206 e. The minimum atomic E-state index is -0.238. The summed E-state index contributed by atoms with van der Waals surface area (Å²) in [5.74, 6) is 5.71. The summed E-state index contributed by atoms with van der Waals surface area (Å²) in [6, 6.07) is 6.83. The first kappa shape index (κ1) is 11.9. The van der Waals surface area contributed by atoms with Crippen LogP contribution < -0.4 is 16.6 Å². The zero-order chi connectivity index (χ0) is 12.3. The van der Waals surface area contributed by atoms with Crippen molar-refractivity contribution in [3.63, 3.8) is 0 Å². The number of hydrazine groups is 1. The lowest BCUT2D eigenvalue weighted by Gasteiger charge is -2.16. The van der Waals surface area contributed by atoms with Crippen LogP contribution in [-0.4, -0.2) is 12.0 Å². The van der Waals surface area contributed by atoms with Crippen LogP contribution in [0, 0.1) is 5.82 Å². The second-order valence-corrected chi connectivity index (χ2v) is 4.27. The highest BCUT2D eigenvalue weighted by molar-refractivity contribution is 5.80. The zero-order valence-corrected chi connectivity index (χ0v) is 9.78. The highest BCUT2D eigenvalue weighted by atomic mass is 19.1. The third-order valence-electron chi connectivity index (χ3n) is 2.70. The van der Waals surface area contributed by atoms with Gasteiger partial charge >= 0.3 is 0 Å². The monoisotopic (exact) mass is 236 g/mol. The third-order valence-corrected chi connectivity index (χ3v) is 2.70. The maximum atomic E-state index is 13.1. The molecular formula is C12H17FN4. The van der Waals surface area contributed by atoms with Crippen molar-refractivity contribution in [3.8, 4) is 0 Å². The van der Waals surface area contributed by atoms with E-state index < -0.39 is 0 Å². The number of benzene rings is 1. The van der Waals surface area contributed by atoms with E-state index in [1.807, 2.05) is 13.0 Å². The molecular weight excluding hydrogens is 219 g/mol. The molecule has 1 fully saturated rings. The SMILES string of the molecule is CC(NC(=NC1CC1)NN)c1cccc(F)c1. The minimum Gasteiger partial charge on any atom is -0.349 e. The van der Waals surface area contributed by atoms with Gasteiger partial charge in [0, 0.05) is 0 Å². The molecule has 0 radical (unpaired) electrons. The number of hydrogen-bond acceptors (Lipinski definition) is 2. The molecule has 1 aromatic carbocycles. The second kappa shape index (κ2) is 5.14. The number of nitrogens with zero attached hydrogens (tertiary/aromatic N) is 1. The molecule has 0 amide bonds. The average Bonchev–Trinajstić information content (AvgIpc) is 3.12. The van der Waals surface area contributed by atoms with E-state index in [9.17, 15) is 4.39 Å². The predicted molar refractivity (Wildman–Crippen MR) is 65.7 cm³/mol. The molecule has 0 aromatic heterocycles. The Morgan fingerprint density at radius 3 is 2.88 bits per heavy atom. The van der Waals surface area contributed by atoms with Crippen molar-refractivity contribution >= 4 is 5.96 Å². The van der Waals surface area contributed by atoms with Gasteiger partial charge in [0.15, 0.2) is 0 Å². The normalized spacial score (nSPS) is 17.7. The molecule has 4 nitrogen and oxygen atoms in total. The van der Waals surface area contributed by atoms with Crippen LogP contribution in [0.2, 0.25) is 0 Å². The van der Waals surface area contributed by atoms with Crippen molar-refractivity contribution in [1.29, 1.82) is 0 Å². The van der Waals surface area contributed by atoms with Gasteiger partial charge in [0.2, 0.25) is 5.96 Å². The molecule has 17 heavy (non-hydrogen) atoms. The molecule has 1 aliphatic carbocycles. The first-order valence-corrected chi connectivity index (χ1v) is 5.75. The van der Waals surface area contributed by atoms with Gasteiger partial charge in [-0.15, -0.1) is 0 Å². The molecule has 1 saturated carbocycles. The third kappa shape index (κ3) is 3.42. The van der Waals surface area contributed by atoms with Gasteiger partial charge in [0.05, 0.1) is 12.1 Å². The Balaban J connectivity index is 2.02. The Hall–Kier alpha value is -1.62. The van der Waals surface area contributed by atoms with Gasteiger partial charge in [-0.05, 0) is 37.5 Å². The topological polar surface area (TPSA) is 62.4 Å². The molecule has 0 heterocycles. The van der Waals surface area contributed by atoms with Gasteiger partial charge in [-0.1, -0.05) is 12.1 Å². The van der Waals surface area contributed by atoms with Crippen LogP contribution in [0.5, 0.6) is 0 Å². The van der Waals surface area contributed by atoms with Gasteiger partial charge in [-0.25, -0.2) is 15.2 Å². The minimum absolute atomic E-state index is 0.0424. The summed E-state index contributed by atoms with van der Waals surface area (Å²) in [5.41, 5.74) is 3.40. The van der Waals surface area contributed by atoms with Gasteiger partial charge in [-0.3, -0.25) is 5.43 Å². The highest BCUT2D eigenvalue weighted by Gasteiger charge is 2.21. The Kier molecular flexibility index (Phi) is 3.58. The summed E-state index contributed by atoms with van der Waals surface area (Å²) in [7, 11) is 0. The number of hydrogen-bond donors (Lipinski definition) is 3. The Morgan fingerprint density at radius 1 is 1.53 bits per heavy atom. The van der Waals surface area contributed by atoms with Gasteiger partial charge in [0.1, 0.15) is 5.82 Å². The molecule has 0 spiro atoms. The van der Waals surface area contributed by atoms with Crippen LogP contribution in [0.1, 0.15) is 31.4 Å². The van der Waals surface area contributed by atoms with E-state index in [0.29, 0.717) is 12.0 Å². The van der Waals surface area contributed by atoms with Crippen molar-refractivity contribution in [2.24, 2.45) is 10.8 Å². The molecule has 92 valence electrons. The van der Waals surface area contributed by atoms with E-state index in [2.05, 4.69) is 15.7 Å². The molecule has 0 bridgehead atoms. The fourth-order valence-electron chi connectivity index (χ4n) is 1.57. The van der Waals surface area contributed by atoms with Crippen LogP contribution >= 0.6 is 0 Å². The van der Waals surface area contributed by atoms with Crippen LogP contribution in [0.25, 0.3) is 0 Å². The standard InChI is InChI=1S/C12H17FN4/c1-8(9-3-2-4-10(13)7-9)15-12(17-14)16-11-5-6-11/h2-4,7-8,11H,5-6,14H2,1H3,(H2,15,16,17). The molecule has 1 aromatic rings. The average molecular weight is 236 g/mol. The summed E-state index contributed by atoms with van der Waals surface area (Å²) in [4.78, 5) is 4.37. The molecule has 1 aliphatic rings. The zero-order valence-electron chi connectivity index (χ0n) is 9.78. The van der Waals surface area contributed by atoms with E-state index >= 15 is 0 Å². The number of halogens is 1. The fraction of sp³-hybridized carbons (Fsp3) is 0.417. The smallest absolute Gasteiger partial charge is 0.206 e. The van der Waals surface area contributed by atoms with Crippen molar-refractivity contribution in [1.82, 2.24) is 10.7 Å². The number of guanidine groups is 1.